The highest BCUT2D eigenvalue weighted by Gasteiger charge is 2.18. The molecule has 1 N–H and O–H groups in total. The summed E-state index contributed by atoms with van der Waals surface area (Å²) >= 11 is 0. The summed E-state index contributed by atoms with van der Waals surface area (Å²) in [5.41, 5.74) is -0.519. The first-order valence-corrected chi connectivity index (χ1v) is 6.40. The van der Waals surface area contributed by atoms with Crippen LogP contribution in [0.4, 0.5) is 15.8 Å². The highest BCUT2D eigenvalue weighted by molar-refractivity contribution is 5.96. The zero-order chi connectivity index (χ0) is 17.0. The Bertz CT molecular complexity index is 772. The van der Waals surface area contributed by atoms with Crippen molar-refractivity contribution in [2.24, 2.45) is 7.05 Å². The molecule has 2 aromatic rings. The largest absolute Gasteiger partial charge is 0.451 e. The van der Waals surface area contributed by atoms with Crippen molar-refractivity contribution in [1.29, 1.82) is 0 Å². The summed E-state index contributed by atoms with van der Waals surface area (Å²) in [6, 6.07) is 5.87. The summed E-state index contributed by atoms with van der Waals surface area (Å²) in [4.78, 5) is 33.4. The number of nitrogens with zero attached hydrogens (tertiary/aromatic N) is 2. The van der Waals surface area contributed by atoms with Crippen LogP contribution in [-0.4, -0.2) is 28.0 Å². The van der Waals surface area contributed by atoms with E-state index in [1.807, 2.05) is 0 Å². The van der Waals surface area contributed by atoms with Gasteiger partial charge < -0.3 is 14.6 Å². The highest BCUT2D eigenvalue weighted by Crippen LogP contribution is 2.24. The maximum Gasteiger partial charge on any atom is 0.355 e. The minimum absolute atomic E-state index is 0.184. The van der Waals surface area contributed by atoms with E-state index in [1.165, 1.54) is 10.6 Å². The van der Waals surface area contributed by atoms with Gasteiger partial charge in [0, 0.05) is 13.2 Å². The van der Waals surface area contributed by atoms with Crippen LogP contribution in [0.25, 0.3) is 0 Å². The van der Waals surface area contributed by atoms with Crippen LogP contribution in [0.5, 0.6) is 0 Å². The predicted molar refractivity (Wildman–Crippen MR) is 77.4 cm³/mol. The van der Waals surface area contributed by atoms with E-state index in [1.54, 1.807) is 19.3 Å². The molecule has 0 spiro atoms. The van der Waals surface area contributed by atoms with E-state index in [9.17, 15) is 24.1 Å². The number of carbonyl (C=O) groups excluding carboxylic acids is 2. The van der Waals surface area contributed by atoms with Crippen LogP contribution in [0, 0.1) is 15.9 Å². The van der Waals surface area contributed by atoms with Gasteiger partial charge in [-0.2, -0.15) is 0 Å². The Balaban J connectivity index is 1.99. The lowest BCUT2D eigenvalue weighted by molar-refractivity contribution is -0.384. The third-order valence-corrected chi connectivity index (χ3v) is 2.92. The fraction of sp³-hybridized carbons (Fsp3) is 0.143. The van der Waals surface area contributed by atoms with Crippen molar-refractivity contribution in [3.05, 3.63) is 58.2 Å². The number of nitro groups is 1. The average molecular weight is 321 g/mol. The van der Waals surface area contributed by atoms with E-state index in [0.29, 0.717) is 6.07 Å². The van der Waals surface area contributed by atoms with Crippen LogP contribution in [0.15, 0.2) is 36.5 Å². The van der Waals surface area contributed by atoms with E-state index in [-0.39, 0.29) is 11.4 Å². The van der Waals surface area contributed by atoms with Crippen molar-refractivity contribution >= 4 is 23.3 Å². The Morgan fingerprint density at radius 2 is 2.13 bits per heavy atom. The topological polar surface area (TPSA) is 103 Å². The molecule has 0 aliphatic carbocycles. The Morgan fingerprint density at radius 1 is 1.39 bits per heavy atom. The number of aromatic nitrogens is 1. The van der Waals surface area contributed by atoms with E-state index in [4.69, 9.17) is 4.74 Å². The molecular formula is C14H12FN3O5. The quantitative estimate of drug-likeness (QED) is 0.514. The fourth-order valence-corrected chi connectivity index (χ4v) is 1.83. The molecule has 0 saturated carbocycles. The number of hydrogen-bond donors (Lipinski definition) is 1. The molecule has 0 fully saturated rings. The van der Waals surface area contributed by atoms with Crippen LogP contribution in [-0.2, 0) is 16.6 Å². The second-order valence-corrected chi connectivity index (χ2v) is 4.55. The zero-order valence-electron chi connectivity index (χ0n) is 12.0. The van der Waals surface area contributed by atoms with Crippen LogP contribution >= 0.6 is 0 Å². The van der Waals surface area contributed by atoms with E-state index in [0.717, 1.165) is 12.1 Å². The highest BCUT2D eigenvalue weighted by atomic mass is 19.1. The average Bonchev–Trinajstić information content (AvgIpc) is 2.92. The van der Waals surface area contributed by atoms with Crippen LogP contribution in [0.1, 0.15) is 10.5 Å². The molecule has 1 heterocycles. The smallest absolute Gasteiger partial charge is 0.355 e. The minimum Gasteiger partial charge on any atom is -0.451 e. The fourth-order valence-electron chi connectivity index (χ4n) is 1.83. The van der Waals surface area contributed by atoms with Gasteiger partial charge in [0.25, 0.3) is 11.6 Å². The molecule has 120 valence electrons. The summed E-state index contributed by atoms with van der Waals surface area (Å²) in [6.07, 6.45) is 1.64. The summed E-state index contributed by atoms with van der Waals surface area (Å²) < 4.78 is 19.3. The number of rotatable bonds is 5. The number of ether oxygens (including phenoxy) is 1. The monoisotopic (exact) mass is 321 g/mol. The SMILES string of the molecule is Cn1cccc1C(=O)OCC(=O)Nc1ccc(F)cc1[N+](=O)[O-]. The third-order valence-electron chi connectivity index (χ3n) is 2.92. The summed E-state index contributed by atoms with van der Waals surface area (Å²) in [7, 11) is 1.64. The summed E-state index contributed by atoms with van der Waals surface area (Å²) in [5, 5.41) is 13.0. The van der Waals surface area contributed by atoms with Crippen molar-refractivity contribution in [3.63, 3.8) is 0 Å². The normalized spacial score (nSPS) is 10.2. The summed E-state index contributed by atoms with van der Waals surface area (Å²) in [6.45, 7) is -0.626. The lowest BCUT2D eigenvalue weighted by Crippen LogP contribution is -2.22. The van der Waals surface area contributed by atoms with E-state index in [2.05, 4.69) is 5.32 Å². The number of anilines is 1. The standard InChI is InChI=1S/C14H12FN3O5/c1-17-6-2-3-11(17)14(20)23-8-13(19)16-10-5-4-9(15)7-12(10)18(21)22/h2-7H,8H2,1H3,(H,16,19). The number of esters is 1. The van der Waals surface area contributed by atoms with Gasteiger partial charge in [-0.1, -0.05) is 0 Å². The molecular weight excluding hydrogens is 309 g/mol. The second kappa shape index (κ2) is 6.69. The maximum atomic E-state index is 13.0. The van der Waals surface area contributed by atoms with Gasteiger partial charge in [-0.05, 0) is 24.3 Å². The van der Waals surface area contributed by atoms with E-state index < -0.39 is 34.9 Å². The number of nitrogens with one attached hydrogen (secondary N) is 1. The lowest BCUT2D eigenvalue weighted by Gasteiger charge is -2.07. The van der Waals surface area contributed by atoms with Crippen molar-refractivity contribution in [3.8, 4) is 0 Å². The molecule has 2 rings (SSSR count). The Labute approximate surface area is 129 Å². The van der Waals surface area contributed by atoms with Crippen molar-refractivity contribution in [2.45, 2.75) is 0 Å². The molecule has 8 nitrogen and oxygen atoms in total. The Hall–Kier alpha value is -3.23. The first-order chi connectivity index (χ1) is 10.9. The first-order valence-electron chi connectivity index (χ1n) is 6.40. The molecule has 0 saturated heterocycles. The van der Waals surface area contributed by atoms with Gasteiger partial charge in [-0.15, -0.1) is 0 Å². The molecule has 1 amide bonds. The predicted octanol–water partition coefficient (Wildman–Crippen LogP) is 1.87. The van der Waals surface area contributed by atoms with Gasteiger partial charge in [0.05, 0.1) is 11.0 Å². The zero-order valence-corrected chi connectivity index (χ0v) is 12.0. The molecule has 0 bridgehead atoms. The van der Waals surface area contributed by atoms with Crippen LogP contribution in [0.2, 0.25) is 0 Å². The molecule has 0 unspecified atom stereocenters. The van der Waals surface area contributed by atoms with Gasteiger partial charge in [-0.25, -0.2) is 9.18 Å². The van der Waals surface area contributed by atoms with Gasteiger partial charge >= 0.3 is 5.97 Å². The maximum absolute atomic E-state index is 13.0. The lowest BCUT2D eigenvalue weighted by atomic mass is 10.2. The molecule has 9 heteroatoms. The Kier molecular flexibility index (Phi) is 4.69. The first kappa shape index (κ1) is 16.1. The number of halogens is 1. The third kappa shape index (κ3) is 3.90. The number of aryl methyl sites for hydroxylation is 1. The van der Waals surface area contributed by atoms with Crippen molar-refractivity contribution < 1.29 is 23.6 Å². The Morgan fingerprint density at radius 3 is 2.74 bits per heavy atom. The van der Waals surface area contributed by atoms with Gasteiger partial charge in [-0.3, -0.25) is 14.9 Å². The van der Waals surface area contributed by atoms with Crippen LogP contribution in [0.3, 0.4) is 0 Å². The number of carbonyl (C=O) groups is 2. The number of hydrogen-bond acceptors (Lipinski definition) is 5. The van der Waals surface area contributed by atoms with Gasteiger partial charge in [0.2, 0.25) is 0 Å². The van der Waals surface area contributed by atoms with Crippen molar-refractivity contribution in [1.82, 2.24) is 4.57 Å². The van der Waals surface area contributed by atoms with Gasteiger partial charge in [0.15, 0.2) is 6.61 Å². The number of benzene rings is 1. The molecule has 1 aromatic heterocycles. The number of amides is 1. The molecule has 0 atom stereocenters. The second-order valence-electron chi connectivity index (χ2n) is 4.55. The molecule has 0 radical (unpaired) electrons. The molecule has 0 aliphatic heterocycles. The minimum atomic E-state index is -0.825. The molecule has 0 aliphatic rings. The molecule has 23 heavy (non-hydrogen) atoms. The number of nitro benzene ring substituents is 1. The van der Waals surface area contributed by atoms with Crippen molar-refractivity contribution in [2.75, 3.05) is 11.9 Å². The summed E-state index contributed by atoms with van der Waals surface area (Å²) in [5.74, 6) is -2.28. The molecule has 1 aromatic carbocycles. The van der Waals surface area contributed by atoms with Crippen LogP contribution < -0.4 is 5.32 Å². The van der Waals surface area contributed by atoms with Gasteiger partial charge in [0.1, 0.15) is 17.2 Å². The van der Waals surface area contributed by atoms with E-state index >= 15 is 0 Å².